The maximum absolute atomic E-state index is 12.6. The van der Waals surface area contributed by atoms with Gasteiger partial charge < -0.3 is 0 Å². The molecule has 2 N–H and O–H groups in total. The summed E-state index contributed by atoms with van der Waals surface area (Å²) in [5.74, 6) is 0. The molecule has 0 aliphatic heterocycles. The molecule has 0 fully saturated rings. The van der Waals surface area contributed by atoms with Crippen LogP contribution in [0.3, 0.4) is 0 Å². The molecular weight excluding hydrogens is 484 g/mol. The number of anilines is 2. The summed E-state index contributed by atoms with van der Waals surface area (Å²) in [4.78, 5) is 0.0348. The number of benzene rings is 2. The Morgan fingerprint density at radius 1 is 0.750 bits per heavy atom. The molecule has 0 atom stereocenters. The topological polar surface area (TPSA) is 92.3 Å². The van der Waals surface area contributed by atoms with Gasteiger partial charge in [0.1, 0.15) is 4.21 Å². The van der Waals surface area contributed by atoms with Crippen LogP contribution in [-0.2, 0) is 20.0 Å². The predicted octanol–water partition coefficient (Wildman–Crippen LogP) is 4.73. The van der Waals surface area contributed by atoms with E-state index in [0.29, 0.717) is 9.47 Å². The lowest BCUT2D eigenvalue weighted by molar-refractivity contribution is 0.600. The second-order valence-corrected chi connectivity index (χ2v) is 12.1. The Kier molecular flexibility index (Phi) is 5.85. The fourth-order valence-electron chi connectivity index (χ4n) is 2.37. The van der Waals surface area contributed by atoms with Crippen molar-refractivity contribution < 1.29 is 16.8 Å². The number of halogens is 1. The number of hydrogen-bond acceptors (Lipinski definition) is 5. The van der Waals surface area contributed by atoms with E-state index >= 15 is 0 Å². The highest BCUT2D eigenvalue weighted by molar-refractivity contribution is 9.11. The van der Waals surface area contributed by atoms with Gasteiger partial charge in [0.15, 0.2) is 0 Å². The largest absolute Gasteiger partial charge is 0.280 e. The molecule has 28 heavy (non-hydrogen) atoms. The van der Waals surface area contributed by atoms with Gasteiger partial charge >= 0.3 is 0 Å². The van der Waals surface area contributed by atoms with Crippen LogP contribution >= 0.6 is 27.3 Å². The highest BCUT2D eigenvalue weighted by Gasteiger charge is 2.18. The number of aryl methyl sites for hydroxylation is 2. The van der Waals surface area contributed by atoms with E-state index in [1.54, 1.807) is 18.2 Å². The molecule has 0 saturated heterocycles. The minimum atomic E-state index is -3.78. The van der Waals surface area contributed by atoms with E-state index in [0.717, 1.165) is 22.5 Å². The molecule has 6 nitrogen and oxygen atoms in total. The second-order valence-electron chi connectivity index (χ2n) is 6.09. The van der Waals surface area contributed by atoms with E-state index in [2.05, 4.69) is 25.4 Å². The van der Waals surface area contributed by atoms with Gasteiger partial charge in [-0.15, -0.1) is 11.3 Å². The third kappa shape index (κ3) is 4.75. The van der Waals surface area contributed by atoms with Crippen molar-refractivity contribution in [2.24, 2.45) is 0 Å². The van der Waals surface area contributed by atoms with E-state index in [4.69, 9.17) is 0 Å². The molecule has 1 aromatic heterocycles. The van der Waals surface area contributed by atoms with E-state index in [-0.39, 0.29) is 14.8 Å². The van der Waals surface area contributed by atoms with Crippen LogP contribution in [0.2, 0.25) is 0 Å². The maximum Gasteiger partial charge on any atom is 0.271 e. The molecule has 0 bridgehead atoms. The first-order valence-corrected chi connectivity index (χ1v) is 12.6. The average Bonchev–Trinajstić information content (AvgIpc) is 3.06. The van der Waals surface area contributed by atoms with Gasteiger partial charge in [0.05, 0.1) is 8.68 Å². The Balaban J connectivity index is 1.78. The number of hydrogen-bond donors (Lipinski definition) is 2. The summed E-state index contributed by atoms with van der Waals surface area (Å²) >= 11 is 4.31. The molecule has 2 aromatic carbocycles. The van der Waals surface area contributed by atoms with Crippen molar-refractivity contribution in [1.82, 2.24) is 0 Å². The number of thiophene rings is 1. The Morgan fingerprint density at radius 3 is 1.93 bits per heavy atom. The van der Waals surface area contributed by atoms with Crippen LogP contribution < -0.4 is 9.44 Å². The second kappa shape index (κ2) is 7.86. The molecule has 0 amide bonds. The van der Waals surface area contributed by atoms with Crippen molar-refractivity contribution in [3.05, 3.63) is 69.5 Å². The molecule has 0 saturated carbocycles. The Labute approximate surface area is 176 Å². The van der Waals surface area contributed by atoms with Crippen molar-refractivity contribution in [3.8, 4) is 0 Å². The van der Waals surface area contributed by atoms with Crippen molar-refractivity contribution in [1.29, 1.82) is 0 Å². The van der Waals surface area contributed by atoms with Crippen molar-refractivity contribution in [2.45, 2.75) is 23.0 Å². The first-order chi connectivity index (χ1) is 13.1. The third-order valence-electron chi connectivity index (χ3n) is 3.99. The lowest BCUT2D eigenvalue weighted by Crippen LogP contribution is -2.14. The third-order valence-corrected chi connectivity index (χ3v) is 8.88. The van der Waals surface area contributed by atoms with Gasteiger partial charge in [0, 0.05) is 11.4 Å². The van der Waals surface area contributed by atoms with Crippen LogP contribution in [0.15, 0.2) is 67.5 Å². The predicted molar refractivity (Wildman–Crippen MR) is 116 cm³/mol. The van der Waals surface area contributed by atoms with Crippen molar-refractivity contribution >= 4 is 58.7 Å². The smallest absolute Gasteiger partial charge is 0.271 e. The van der Waals surface area contributed by atoms with Gasteiger partial charge in [-0.05, 0) is 89.4 Å². The zero-order chi connectivity index (χ0) is 20.5. The first kappa shape index (κ1) is 20.8. The number of sulfonamides is 2. The highest BCUT2D eigenvalue weighted by Crippen LogP contribution is 2.28. The molecule has 0 aliphatic rings. The van der Waals surface area contributed by atoms with Crippen molar-refractivity contribution in [2.75, 3.05) is 9.44 Å². The monoisotopic (exact) mass is 500 g/mol. The quantitative estimate of drug-likeness (QED) is 0.511. The van der Waals surface area contributed by atoms with Crippen LogP contribution in [0.5, 0.6) is 0 Å². The summed E-state index contributed by atoms with van der Waals surface area (Å²) in [5, 5.41) is 0. The molecule has 148 valence electrons. The first-order valence-electron chi connectivity index (χ1n) is 8.05. The van der Waals surface area contributed by atoms with E-state index in [1.165, 1.54) is 30.3 Å². The molecule has 0 spiro atoms. The van der Waals surface area contributed by atoms with Crippen molar-refractivity contribution in [3.63, 3.8) is 0 Å². The zero-order valence-corrected chi connectivity index (χ0v) is 19.0. The summed E-state index contributed by atoms with van der Waals surface area (Å²) in [5.41, 5.74) is 2.79. The lowest BCUT2D eigenvalue weighted by atomic mass is 10.1. The van der Waals surface area contributed by atoms with Gasteiger partial charge in [-0.25, -0.2) is 16.8 Å². The van der Waals surface area contributed by atoms with Crippen LogP contribution in [-0.4, -0.2) is 16.8 Å². The normalized spacial score (nSPS) is 12.0. The standard InChI is InChI=1S/C18H17BrN2O4S3/c1-12-3-4-15(11-13(12)2)21-27(22,23)16-7-5-14(6-8-16)20-28(24,25)18-10-9-17(19)26-18/h3-11,20-21H,1-2H3. The fraction of sp³-hybridized carbons (Fsp3) is 0.111. The molecule has 3 rings (SSSR count). The van der Waals surface area contributed by atoms with Gasteiger partial charge in [0.2, 0.25) is 0 Å². The van der Waals surface area contributed by atoms with Crippen LogP contribution in [0.25, 0.3) is 0 Å². The van der Waals surface area contributed by atoms with Gasteiger partial charge in [-0.1, -0.05) is 6.07 Å². The minimum absolute atomic E-state index is 0.0348. The highest BCUT2D eigenvalue weighted by atomic mass is 79.9. The summed E-state index contributed by atoms with van der Waals surface area (Å²) in [6, 6.07) is 14.0. The zero-order valence-electron chi connectivity index (χ0n) is 14.9. The number of nitrogens with one attached hydrogen (secondary N) is 2. The van der Waals surface area contributed by atoms with Gasteiger partial charge in [0.25, 0.3) is 20.0 Å². The lowest BCUT2D eigenvalue weighted by Gasteiger charge is -2.11. The van der Waals surface area contributed by atoms with E-state index in [1.807, 2.05) is 19.9 Å². The molecule has 0 unspecified atom stereocenters. The SMILES string of the molecule is Cc1ccc(NS(=O)(=O)c2ccc(NS(=O)(=O)c3ccc(Br)s3)cc2)cc1C. The summed E-state index contributed by atoms with van der Waals surface area (Å²) in [6.07, 6.45) is 0. The average molecular weight is 501 g/mol. The summed E-state index contributed by atoms with van der Waals surface area (Å²) in [6.45, 7) is 3.85. The molecule has 0 aliphatic carbocycles. The summed E-state index contributed by atoms with van der Waals surface area (Å²) in [7, 11) is -7.51. The molecule has 0 radical (unpaired) electrons. The van der Waals surface area contributed by atoms with Crippen LogP contribution in [0, 0.1) is 13.8 Å². The fourth-order valence-corrected chi connectivity index (χ4v) is 6.49. The molecular formula is C18H17BrN2O4S3. The van der Waals surface area contributed by atoms with Crippen LogP contribution in [0.4, 0.5) is 11.4 Å². The van der Waals surface area contributed by atoms with E-state index in [9.17, 15) is 16.8 Å². The summed E-state index contributed by atoms with van der Waals surface area (Å²) < 4.78 is 55.6. The molecule has 1 heterocycles. The Hall–Kier alpha value is -1.88. The van der Waals surface area contributed by atoms with E-state index < -0.39 is 20.0 Å². The minimum Gasteiger partial charge on any atom is -0.280 e. The van der Waals surface area contributed by atoms with Crippen LogP contribution in [0.1, 0.15) is 11.1 Å². The Morgan fingerprint density at radius 2 is 1.36 bits per heavy atom. The molecule has 3 aromatic rings. The Bertz CT molecular complexity index is 1220. The molecule has 10 heteroatoms. The maximum atomic E-state index is 12.6. The van der Waals surface area contributed by atoms with Gasteiger partial charge in [-0.2, -0.15) is 0 Å². The van der Waals surface area contributed by atoms with Gasteiger partial charge in [-0.3, -0.25) is 9.44 Å². The number of rotatable bonds is 6.